The lowest BCUT2D eigenvalue weighted by Crippen LogP contribution is -2.49. The molecule has 1 N–H and O–H groups in total. The number of unbranched alkanes of at least 4 members (excludes halogenated alkanes) is 2. The summed E-state index contributed by atoms with van der Waals surface area (Å²) in [5.41, 5.74) is 0. The highest BCUT2D eigenvalue weighted by Crippen LogP contribution is 2.04. The Morgan fingerprint density at radius 2 is 1.78 bits per heavy atom. The first kappa shape index (κ1) is 15.4. The van der Waals surface area contributed by atoms with Crippen molar-refractivity contribution >= 4 is 5.91 Å². The van der Waals surface area contributed by atoms with Crippen LogP contribution in [0.3, 0.4) is 0 Å². The lowest BCUT2D eigenvalue weighted by Gasteiger charge is -2.34. The van der Waals surface area contributed by atoms with Gasteiger partial charge in [-0.1, -0.05) is 0 Å². The molecule has 1 saturated heterocycles. The lowest BCUT2D eigenvalue weighted by molar-refractivity contribution is -0.122. The maximum atomic E-state index is 11.3. The first-order valence-electron chi connectivity index (χ1n) is 6.90. The van der Waals surface area contributed by atoms with Gasteiger partial charge < -0.3 is 15.0 Å². The highest BCUT2D eigenvalue weighted by atomic mass is 16.5. The lowest BCUT2D eigenvalue weighted by atomic mass is 10.2. The average molecular weight is 257 g/mol. The van der Waals surface area contributed by atoms with Crippen LogP contribution in [0.2, 0.25) is 0 Å². The molecule has 1 aliphatic heterocycles. The molecule has 0 spiro atoms. The van der Waals surface area contributed by atoms with E-state index in [9.17, 15) is 4.79 Å². The topological polar surface area (TPSA) is 44.8 Å². The number of nitrogens with zero attached hydrogens (tertiary/aromatic N) is 2. The third-order valence-corrected chi connectivity index (χ3v) is 3.43. The molecule has 1 aliphatic rings. The molecule has 1 amide bonds. The molecular formula is C13H27N3O2. The number of amides is 1. The summed E-state index contributed by atoms with van der Waals surface area (Å²) in [6.07, 6.45) is 3.65. The van der Waals surface area contributed by atoms with Gasteiger partial charge >= 0.3 is 0 Å². The first-order chi connectivity index (χ1) is 8.76. The molecule has 0 saturated carbocycles. The summed E-state index contributed by atoms with van der Waals surface area (Å²) < 4.78 is 5.04. The highest BCUT2D eigenvalue weighted by Gasteiger charge is 2.17. The van der Waals surface area contributed by atoms with Crippen LogP contribution in [0.1, 0.15) is 19.3 Å². The van der Waals surface area contributed by atoms with E-state index in [2.05, 4.69) is 15.1 Å². The van der Waals surface area contributed by atoms with Crippen LogP contribution in [0.5, 0.6) is 0 Å². The molecule has 1 fully saturated rings. The number of nitrogens with one attached hydrogen (secondary N) is 1. The zero-order chi connectivity index (χ0) is 13.2. The van der Waals surface area contributed by atoms with Crippen molar-refractivity contribution in [2.45, 2.75) is 19.3 Å². The van der Waals surface area contributed by atoms with Gasteiger partial charge in [-0.15, -0.1) is 0 Å². The van der Waals surface area contributed by atoms with Gasteiger partial charge in [0.2, 0.25) is 5.91 Å². The van der Waals surface area contributed by atoms with Gasteiger partial charge in [0.15, 0.2) is 0 Å². The quantitative estimate of drug-likeness (QED) is 0.630. The van der Waals surface area contributed by atoms with E-state index in [1.54, 1.807) is 14.2 Å². The van der Waals surface area contributed by atoms with E-state index in [0.717, 1.165) is 39.2 Å². The molecule has 1 heterocycles. The van der Waals surface area contributed by atoms with Crippen molar-refractivity contribution < 1.29 is 9.53 Å². The fraction of sp³-hybridized carbons (Fsp3) is 0.923. The van der Waals surface area contributed by atoms with Crippen molar-refractivity contribution in [3.05, 3.63) is 0 Å². The maximum Gasteiger partial charge on any atom is 0.233 e. The molecular weight excluding hydrogens is 230 g/mol. The molecule has 0 atom stereocenters. The van der Waals surface area contributed by atoms with Crippen molar-refractivity contribution in [1.29, 1.82) is 0 Å². The number of methoxy groups -OCH3 is 1. The van der Waals surface area contributed by atoms with Gasteiger partial charge in [0, 0.05) is 46.9 Å². The second kappa shape index (κ2) is 9.30. The Hall–Kier alpha value is -0.650. The third kappa shape index (κ3) is 6.33. The number of rotatable bonds is 8. The number of piperazine rings is 1. The number of hydrogen-bond acceptors (Lipinski definition) is 4. The van der Waals surface area contributed by atoms with Gasteiger partial charge in [0.05, 0.1) is 6.54 Å². The molecule has 1 rings (SSSR count). The summed E-state index contributed by atoms with van der Waals surface area (Å²) in [5, 5.41) is 2.67. The van der Waals surface area contributed by atoms with Crippen molar-refractivity contribution in [3.63, 3.8) is 0 Å². The van der Waals surface area contributed by atoms with Crippen molar-refractivity contribution in [2.24, 2.45) is 0 Å². The predicted octanol–water partition coefficient (Wildman–Crippen LogP) is 0.167. The summed E-state index contributed by atoms with van der Waals surface area (Å²) in [7, 11) is 3.45. The Labute approximate surface area is 110 Å². The van der Waals surface area contributed by atoms with Crippen LogP contribution in [0, 0.1) is 0 Å². The molecule has 18 heavy (non-hydrogen) atoms. The van der Waals surface area contributed by atoms with Gasteiger partial charge in [-0.2, -0.15) is 0 Å². The fourth-order valence-corrected chi connectivity index (χ4v) is 2.21. The van der Waals surface area contributed by atoms with Gasteiger partial charge in [0.1, 0.15) is 0 Å². The second-order valence-electron chi connectivity index (χ2n) is 4.84. The summed E-state index contributed by atoms with van der Waals surface area (Å²) in [5.74, 6) is 0.114. The first-order valence-corrected chi connectivity index (χ1v) is 6.90. The largest absolute Gasteiger partial charge is 0.385 e. The Morgan fingerprint density at radius 3 is 2.39 bits per heavy atom. The number of ether oxygens (including phenoxy) is 1. The normalized spacial score (nSPS) is 17.9. The zero-order valence-electron chi connectivity index (χ0n) is 11.8. The van der Waals surface area contributed by atoms with Crippen molar-refractivity contribution in [3.8, 4) is 0 Å². The summed E-state index contributed by atoms with van der Waals surface area (Å²) in [6, 6.07) is 0. The monoisotopic (exact) mass is 257 g/mol. The van der Waals surface area contributed by atoms with E-state index in [0.29, 0.717) is 6.54 Å². The SMILES string of the molecule is CNC(=O)CN1CCN(CCCCCOC)CC1. The zero-order valence-corrected chi connectivity index (χ0v) is 11.8. The van der Waals surface area contributed by atoms with Crippen LogP contribution in [0.15, 0.2) is 0 Å². The Kier molecular flexibility index (Phi) is 7.96. The van der Waals surface area contributed by atoms with E-state index < -0.39 is 0 Å². The minimum absolute atomic E-state index is 0.114. The summed E-state index contributed by atoms with van der Waals surface area (Å²) in [4.78, 5) is 16.0. The van der Waals surface area contributed by atoms with Crippen LogP contribution in [-0.4, -0.2) is 75.7 Å². The molecule has 0 aliphatic carbocycles. The molecule has 0 bridgehead atoms. The minimum atomic E-state index is 0.114. The summed E-state index contributed by atoms with van der Waals surface area (Å²) >= 11 is 0. The van der Waals surface area contributed by atoms with Crippen molar-refractivity contribution in [2.75, 3.05) is 60.0 Å². The predicted molar refractivity (Wildman–Crippen MR) is 72.7 cm³/mol. The van der Waals surface area contributed by atoms with E-state index in [1.165, 1.54) is 19.4 Å². The second-order valence-corrected chi connectivity index (χ2v) is 4.84. The van der Waals surface area contributed by atoms with E-state index in [-0.39, 0.29) is 5.91 Å². The van der Waals surface area contributed by atoms with Crippen LogP contribution < -0.4 is 5.32 Å². The number of carbonyl (C=O) groups excluding carboxylic acids is 1. The molecule has 0 unspecified atom stereocenters. The van der Waals surface area contributed by atoms with Crippen LogP contribution in [-0.2, 0) is 9.53 Å². The average Bonchev–Trinajstić information content (AvgIpc) is 2.40. The number of carbonyl (C=O) groups is 1. The number of hydrogen-bond donors (Lipinski definition) is 1. The van der Waals surface area contributed by atoms with Crippen LogP contribution in [0.4, 0.5) is 0 Å². The van der Waals surface area contributed by atoms with Gasteiger partial charge in [0.25, 0.3) is 0 Å². The number of likely N-dealkylation sites (N-methyl/N-ethyl adjacent to an activating group) is 1. The van der Waals surface area contributed by atoms with E-state index in [1.807, 2.05) is 0 Å². The maximum absolute atomic E-state index is 11.3. The fourth-order valence-electron chi connectivity index (χ4n) is 2.21. The van der Waals surface area contributed by atoms with Gasteiger partial charge in [-0.05, 0) is 25.8 Å². The molecule has 106 valence electrons. The minimum Gasteiger partial charge on any atom is -0.385 e. The third-order valence-electron chi connectivity index (χ3n) is 3.43. The van der Waals surface area contributed by atoms with E-state index in [4.69, 9.17) is 4.74 Å². The Balaban J connectivity index is 2.03. The smallest absolute Gasteiger partial charge is 0.233 e. The molecule has 0 aromatic carbocycles. The standard InChI is InChI=1S/C13H27N3O2/c1-14-13(17)12-16-9-7-15(8-10-16)6-4-3-5-11-18-2/h3-12H2,1-2H3,(H,14,17). The van der Waals surface area contributed by atoms with E-state index >= 15 is 0 Å². The highest BCUT2D eigenvalue weighted by molar-refractivity contribution is 5.77. The Morgan fingerprint density at radius 1 is 1.11 bits per heavy atom. The molecule has 0 aromatic heterocycles. The molecule has 0 radical (unpaired) electrons. The van der Waals surface area contributed by atoms with Gasteiger partial charge in [-0.25, -0.2) is 0 Å². The van der Waals surface area contributed by atoms with Crippen molar-refractivity contribution in [1.82, 2.24) is 15.1 Å². The molecule has 5 nitrogen and oxygen atoms in total. The summed E-state index contributed by atoms with van der Waals surface area (Å²) in [6.45, 7) is 6.77. The van der Waals surface area contributed by atoms with Crippen LogP contribution in [0.25, 0.3) is 0 Å². The Bertz CT molecular complexity index is 228. The van der Waals surface area contributed by atoms with Crippen LogP contribution >= 0.6 is 0 Å². The van der Waals surface area contributed by atoms with Gasteiger partial charge in [-0.3, -0.25) is 9.69 Å². The molecule has 0 aromatic rings. The molecule has 5 heteroatoms.